The molecule has 0 fully saturated rings. The van der Waals surface area contributed by atoms with Crippen molar-refractivity contribution in [1.29, 1.82) is 0 Å². The molecule has 0 atom stereocenters. The molecule has 8 heteroatoms. The van der Waals surface area contributed by atoms with Crippen molar-refractivity contribution in [3.05, 3.63) is 45.7 Å². The largest absolute Gasteiger partial charge is 0.433 e. The molecule has 20 heavy (non-hydrogen) atoms. The third-order valence-electron chi connectivity index (χ3n) is 2.63. The predicted molar refractivity (Wildman–Crippen MR) is 71.3 cm³/mol. The van der Waals surface area contributed by atoms with Crippen molar-refractivity contribution in [2.45, 2.75) is 12.7 Å². The minimum atomic E-state index is -4.52. The number of rotatable bonds is 3. The summed E-state index contributed by atoms with van der Waals surface area (Å²) in [6.45, 7) is 0.0656. The molecule has 1 N–H and O–H groups in total. The molecule has 0 bridgehead atoms. The third-order valence-corrected chi connectivity index (χ3v) is 3.37. The van der Waals surface area contributed by atoms with Gasteiger partial charge in [-0.25, -0.2) is 4.68 Å². The van der Waals surface area contributed by atoms with E-state index in [2.05, 4.69) is 10.4 Å². The van der Waals surface area contributed by atoms with Gasteiger partial charge in [0.15, 0.2) is 5.69 Å². The summed E-state index contributed by atoms with van der Waals surface area (Å²) in [5, 5.41) is 6.92. The lowest BCUT2D eigenvalue weighted by Gasteiger charge is -2.13. The van der Waals surface area contributed by atoms with E-state index >= 15 is 0 Å². The van der Waals surface area contributed by atoms with Gasteiger partial charge in [0.05, 0.1) is 21.9 Å². The fraction of sp³-hybridized carbons (Fsp3) is 0.250. The van der Waals surface area contributed by atoms with Gasteiger partial charge in [0.25, 0.3) is 0 Å². The van der Waals surface area contributed by atoms with Crippen molar-refractivity contribution in [2.24, 2.45) is 0 Å². The van der Waals surface area contributed by atoms with Crippen LogP contribution >= 0.6 is 23.2 Å². The second-order valence-electron chi connectivity index (χ2n) is 4.06. The van der Waals surface area contributed by atoms with Crippen molar-refractivity contribution in [3.8, 4) is 5.69 Å². The van der Waals surface area contributed by atoms with Gasteiger partial charge in [-0.05, 0) is 25.2 Å². The zero-order valence-corrected chi connectivity index (χ0v) is 11.8. The van der Waals surface area contributed by atoms with Gasteiger partial charge in [0.2, 0.25) is 0 Å². The monoisotopic (exact) mass is 323 g/mol. The molecule has 0 saturated carbocycles. The van der Waals surface area contributed by atoms with Crippen molar-refractivity contribution in [1.82, 2.24) is 15.1 Å². The SMILES string of the molecule is CNCc1cnn(-c2ccc(Cl)c(Cl)c2)c1C(F)(F)F. The highest BCUT2D eigenvalue weighted by Gasteiger charge is 2.38. The van der Waals surface area contributed by atoms with Crippen LogP contribution in [0.2, 0.25) is 10.0 Å². The molecule has 0 aliphatic carbocycles. The molecular weight excluding hydrogens is 314 g/mol. The lowest BCUT2D eigenvalue weighted by Crippen LogP contribution is -2.17. The van der Waals surface area contributed by atoms with Crippen molar-refractivity contribution < 1.29 is 13.2 Å². The highest BCUT2D eigenvalue weighted by Crippen LogP contribution is 2.34. The summed E-state index contributed by atoms with van der Waals surface area (Å²) in [4.78, 5) is 0. The normalized spacial score (nSPS) is 11.9. The van der Waals surface area contributed by atoms with Crippen LogP contribution in [-0.2, 0) is 12.7 Å². The van der Waals surface area contributed by atoms with Crippen LogP contribution in [-0.4, -0.2) is 16.8 Å². The molecule has 1 aromatic heterocycles. The minimum Gasteiger partial charge on any atom is -0.316 e. The molecule has 3 nitrogen and oxygen atoms in total. The molecule has 0 unspecified atom stereocenters. The summed E-state index contributed by atoms with van der Waals surface area (Å²) in [5.74, 6) is 0. The summed E-state index contributed by atoms with van der Waals surface area (Å²) in [7, 11) is 1.57. The highest BCUT2D eigenvalue weighted by atomic mass is 35.5. The molecule has 108 valence electrons. The summed E-state index contributed by atoms with van der Waals surface area (Å²) in [6, 6.07) is 4.20. The van der Waals surface area contributed by atoms with Crippen LogP contribution in [0.3, 0.4) is 0 Å². The minimum absolute atomic E-state index is 0.0612. The standard InChI is InChI=1S/C12H10Cl2F3N3/c1-18-5-7-6-19-20(11(7)12(15,16)17)8-2-3-9(13)10(14)4-8/h2-4,6,18H,5H2,1H3. The van der Waals surface area contributed by atoms with Crippen LogP contribution in [0.5, 0.6) is 0 Å². The van der Waals surface area contributed by atoms with Crippen LogP contribution in [0.4, 0.5) is 13.2 Å². The van der Waals surface area contributed by atoms with Gasteiger partial charge in [-0.3, -0.25) is 0 Å². The molecule has 0 aliphatic rings. The van der Waals surface area contributed by atoms with Crippen LogP contribution in [0.15, 0.2) is 24.4 Å². The van der Waals surface area contributed by atoms with E-state index in [1.165, 1.54) is 24.4 Å². The second-order valence-corrected chi connectivity index (χ2v) is 4.87. The van der Waals surface area contributed by atoms with Crippen molar-refractivity contribution >= 4 is 23.2 Å². The van der Waals surface area contributed by atoms with E-state index in [9.17, 15) is 13.2 Å². The fourth-order valence-electron chi connectivity index (χ4n) is 1.82. The van der Waals surface area contributed by atoms with E-state index in [-0.39, 0.29) is 27.8 Å². The van der Waals surface area contributed by atoms with Gasteiger partial charge in [0, 0.05) is 12.1 Å². The maximum absolute atomic E-state index is 13.2. The second kappa shape index (κ2) is 5.63. The summed E-state index contributed by atoms with van der Waals surface area (Å²) >= 11 is 11.6. The Balaban J connectivity index is 2.59. The Hall–Kier alpha value is -1.24. The maximum Gasteiger partial charge on any atom is 0.433 e. The Labute approximate surface area is 123 Å². The molecule has 0 aliphatic heterocycles. The van der Waals surface area contributed by atoms with Gasteiger partial charge in [-0.15, -0.1) is 0 Å². The number of hydrogen-bond acceptors (Lipinski definition) is 2. The lowest BCUT2D eigenvalue weighted by molar-refractivity contribution is -0.143. The lowest BCUT2D eigenvalue weighted by atomic mass is 10.2. The molecule has 1 heterocycles. The number of alkyl halides is 3. The molecule has 0 saturated heterocycles. The Morgan fingerprint density at radius 2 is 1.95 bits per heavy atom. The third kappa shape index (κ3) is 2.92. The topological polar surface area (TPSA) is 29.9 Å². The summed E-state index contributed by atoms with van der Waals surface area (Å²) < 4.78 is 40.4. The molecule has 0 spiro atoms. The Morgan fingerprint density at radius 3 is 2.50 bits per heavy atom. The molecule has 2 rings (SSSR count). The van der Waals surface area contributed by atoms with Gasteiger partial charge < -0.3 is 5.32 Å². The van der Waals surface area contributed by atoms with Crippen molar-refractivity contribution in [3.63, 3.8) is 0 Å². The average Bonchev–Trinajstić information content (AvgIpc) is 2.77. The average molecular weight is 324 g/mol. The number of nitrogens with zero attached hydrogens (tertiary/aromatic N) is 2. The van der Waals surface area contributed by atoms with Gasteiger partial charge in [-0.1, -0.05) is 23.2 Å². The Kier molecular flexibility index (Phi) is 4.27. The molecule has 1 aromatic carbocycles. The molecule has 0 radical (unpaired) electrons. The van der Waals surface area contributed by atoms with Gasteiger partial charge >= 0.3 is 6.18 Å². The van der Waals surface area contributed by atoms with Crippen LogP contribution < -0.4 is 5.32 Å². The number of benzene rings is 1. The summed E-state index contributed by atoms with van der Waals surface area (Å²) in [6.07, 6.45) is -3.34. The first-order valence-corrected chi connectivity index (χ1v) is 6.34. The smallest absolute Gasteiger partial charge is 0.316 e. The van der Waals surface area contributed by atoms with Crippen LogP contribution in [0, 0.1) is 0 Å². The molecular formula is C12H10Cl2F3N3. The zero-order chi connectivity index (χ0) is 14.9. The Morgan fingerprint density at radius 1 is 1.25 bits per heavy atom. The number of hydrogen-bond donors (Lipinski definition) is 1. The van der Waals surface area contributed by atoms with E-state index in [1.807, 2.05) is 0 Å². The number of halogens is 5. The highest BCUT2D eigenvalue weighted by molar-refractivity contribution is 6.42. The first-order valence-electron chi connectivity index (χ1n) is 5.58. The van der Waals surface area contributed by atoms with Gasteiger partial charge in [-0.2, -0.15) is 18.3 Å². The molecule has 0 amide bonds. The van der Waals surface area contributed by atoms with E-state index in [1.54, 1.807) is 7.05 Å². The van der Waals surface area contributed by atoms with Crippen LogP contribution in [0.25, 0.3) is 5.69 Å². The first-order chi connectivity index (χ1) is 9.34. The van der Waals surface area contributed by atoms with Gasteiger partial charge in [0.1, 0.15) is 0 Å². The van der Waals surface area contributed by atoms with E-state index in [4.69, 9.17) is 23.2 Å². The first kappa shape index (κ1) is 15.2. The quantitative estimate of drug-likeness (QED) is 0.927. The predicted octanol–water partition coefficient (Wildman–Crippen LogP) is 3.92. The molecule has 2 aromatic rings. The number of aromatic nitrogens is 2. The van der Waals surface area contributed by atoms with E-state index < -0.39 is 11.9 Å². The number of nitrogens with one attached hydrogen (secondary N) is 1. The van der Waals surface area contributed by atoms with E-state index in [0.717, 1.165) is 4.68 Å². The zero-order valence-electron chi connectivity index (χ0n) is 10.3. The summed E-state index contributed by atoms with van der Waals surface area (Å²) in [5.41, 5.74) is -0.564. The fourth-order valence-corrected chi connectivity index (χ4v) is 2.11. The van der Waals surface area contributed by atoms with Crippen molar-refractivity contribution in [2.75, 3.05) is 7.05 Å². The maximum atomic E-state index is 13.2. The van der Waals surface area contributed by atoms with Crippen LogP contribution in [0.1, 0.15) is 11.3 Å². The Bertz CT molecular complexity index is 623. The van der Waals surface area contributed by atoms with E-state index in [0.29, 0.717) is 0 Å².